The van der Waals surface area contributed by atoms with Gasteiger partial charge in [-0.1, -0.05) is 23.7 Å². The van der Waals surface area contributed by atoms with Crippen LogP contribution in [0.25, 0.3) is 0 Å². The van der Waals surface area contributed by atoms with Gasteiger partial charge in [-0.2, -0.15) is 0 Å². The molecule has 1 aromatic rings. The molecule has 0 bridgehead atoms. The summed E-state index contributed by atoms with van der Waals surface area (Å²) in [7, 11) is 0. The summed E-state index contributed by atoms with van der Waals surface area (Å²) in [5.41, 5.74) is 0.863. The topological polar surface area (TPSA) is 3.24 Å². The average Bonchev–Trinajstić information content (AvgIpc) is 2.35. The smallest absolute Gasteiger partial charge is 0.142 e. The van der Waals surface area contributed by atoms with Gasteiger partial charge in [-0.3, -0.25) is 4.90 Å². The Kier molecular flexibility index (Phi) is 4.66. The molecule has 17 heavy (non-hydrogen) atoms. The van der Waals surface area contributed by atoms with Crippen molar-refractivity contribution in [1.82, 2.24) is 4.90 Å². The van der Waals surface area contributed by atoms with Crippen LogP contribution in [0.15, 0.2) is 18.2 Å². The minimum atomic E-state index is -0.338. The molecule has 1 aliphatic heterocycles. The van der Waals surface area contributed by atoms with E-state index < -0.39 is 0 Å². The first-order chi connectivity index (χ1) is 8.20. The Labute approximate surface area is 112 Å². The van der Waals surface area contributed by atoms with E-state index in [1.807, 2.05) is 6.07 Å². The second-order valence-electron chi connectivity index (χ2n) is 4.61. The number of hydrogen-bond donors (Lipinski definition) is 0. The Hall–Kier alpha value is -0.310. The van der Waals surface area contributed by atoms with Crippen LogP contribution < -0.4 is 0 Å². The Balaban J connectivity index is 2.02. The predicted octanol–water partition coefficient (Wildman–Crippen LogP) is 3.93. The lowest BCUT2D eigenvalue weighted by Gasteiger charge is -2.31. The summed E-state index contributed by atoms with van der Waals surface area (Å²) in [6.45, 7) is 2.74. The van der Waals surface area contributed by atoms with Gasteiger partial charge in [-0.15, -0.1) is 11.6 Å². The number of nitrogens with zero attached hydrogens (tertiary/aromatic N) is 1. The van der Waals surface area contributed by atoms with E-state index in [4.69, 9.17) is 23.2 Å². The van der Waals surface area contributed by atoms with Crippen LogP contribution in [0.1, 0.15) is 18.4 Å². The van der Waals surface area contributed by atoms with Crippen LogP contribution in [0.4, 0.5) is 4.39 Å². The SMILES string of the molecule is Fc1cccc(CN2CCCC(CCl)C2)c1Cl. The predicted molar refractivity (Wildman–Crippen MR) is 70.1 cm³/mol. The van der Waals surface area contributed by atoms with E-state index >= 15 is 0 Å². The molecule has 1 heterocycles. The highest BCUT2D eigenvalue weighted by molar-refractivity contribution is 6.31. The molecule has 0 spiro atoms. The zero-order valence-corrected chi connectivity index (χ0v) is 11.1. The molecule has 1 fully saturated rings. The number of likely N-dealkylation sites (tertiary alicyclic amines) is 1. The van der Waals surface area contributed by atoms with Crippen molar-refractivity contribution in [3.8, 4) is 0 Å². The van der Waals surface area contributed by atoms with Gasteiger partial charge in [0.05, 0.1) is 5.02 Å². The maximum absolute atomic E-state index is 13.3. The molecule has 4 heteroatoms. The van der Waals surface area contributed by atoms with Crippen LogP contribution in [0, 0.1) is 11.7 Å². The number of rotatable bonds is 3. The molecule has 0 saturated carbocycles. The van der Waals surface area contributed by atoms with Gasteiger partial charge in [-0.05, 0) is 36.9 Å². The summed E-state index contributed by atoms with van der Waals surface area (Å²) in [6.07, 6.45) is 2.35. The standard InChI is InChI=1S/C13H16Cl2FN/c14-7-10-3-2-6-17(8-10)9-11-4-1-5-12(16)13(11)15/h1,4-5,10H,2-3,6-9H2. The molecule has 0 amide bonds. The zero-order valence-electron chi connectivity index (χ0n) is 9.63. The minimum absolute atomic E-state index is 0.250. The zero-order chi connectivity index (χ0) is 12.3. The lowest BCUT2D eigenvalue weighted by Crippen LogP contribution is -2.35. The molecule has 0 aliphatic carbocycles. The Morgan fingerprint density at radius 3 is 3.00 bits per heavy atom. The summed E-state index contributed by atoms with van der Waals surface area (Å²) >= 11 is 11.8. The minimum Gasteiger partial charge on any atom is -0.299 e. The fourth-order valence-corrected chi connectivity index (χ4v) is 2.77. The summed E-state index contributed by atoms with van der Waals surface area (Å²) in [6, 6.07) is 4.98. The fraction of sp³-hybridized carbons (Fsp3) is 0.538. The number of benzene rings is 1. The molecule has 1 atom stereocenters. The molecule has 2 rings (SSSR count). The second kappa shape index (κ2) is 6.03. The van der Waals surface area contributed by atoms with Crippen LogP contribution in [0.3, 0.4) is 0 Å². The van der Waals surface area contributed by atoms with Crippen molar-refractivity contribution < 1.29 is 4.39 Å². The van der Waals surface area contributed by atoms with Gasteiger partial charge < -0.3 is 0 Å². The van der Waals surface area contributed by atoms with Gasteiger partial charge in [0.15, 0.2) is 0 Å². The van der Waals surface area contributed by atoms with Crippen LogP contribution in [0.2, 0.25) is 5.02 Å². The summed E-state index contributed by atoms with van der Waals surface area (Å²) in [5, 5.41) is 0.250. The van der Waals surface area contributed by atoms with Gasteiger partial charge in [0.2, 0.25) is 0 Å². The molecule has 1 aromatic carbocycles. The van der Waals surface area contributed by atoms with Crippen molar-refractivity contribution in [1.29, 1.82) is 0 Å². The lowest BCUT2D eigenvalue weighted by atomic mass is 9.99. The Morgan fingerprint density at radius 2 is 2.24 bits per heavy atom. The normalized spacial score (nSPS) is 21.7. The number of halogens is 3. The summed E-state index contributed by atoms with van der Waals surface area (Å²) in [4.78, 5) is 2.30. The van der Waals surface area contributed by atoms with E-state index in [1.165, 1.54) is 12.5 Å². The van der Waals surface area contributed by atoms with E-state index in [2.05, 4.69) is 4.90 Å². The first kappa shape index (κ1) is 13.1. The maximum Gasteiger partial charge on any atom is 0.142 e. The van der Waals surface area contributed by atoms with Crippen molar-refractivity contribution in [2.24, 2.45) is 5.92 Å². The highest BCUT2D eigenvalue weighted by Crippen LogP contribution is 2.24. The van der Waals surface area contributed by atoms with Crippen LogP contribution in [-0.4, -0.2) is 23.9 Å². The molecule has 0 radical (unpaired) electrons. The molecule has 1 aliphatic rings. The molecule has 0 aromatic heterocycles. The molecule has 94 valence electrons. The summed E-state index contributed by atoms with van der Waals surface area (Å²) in [5.74, 6) is 0.917. The van der Waals surface area contributed by atoms with Gasteiger partial charge in [-0.25, -0.2) is 4.39 Å². The van der Waals surface area contributed by atoms with E-state index in [1.54, 1.807) is 6.07 Å². The van der Waals surface area contributed by atoms with Crippen molar-refractivity contribution >= 4 is 23.2 Å². The molecular formula is C13H16Cl2FN. The molecule has 0 N–H and O–H groups in total. The van der Waals surface area contributed by atoms with E-state index in [0.29, 0.717) is 18.3 Å². The first-order valence-corrected chi connectivity index (χ1v) is 6.83. The van der Waals surface area contributed by atoms with Gasteiger partial charge >= 0.3 is 0 Å². The first-order valence-electron chi connectivity index (χ1n) is 5.92. The lowest BCUT2D eigenvalue weighted by molar-refractivity contribution is 0.178. The van der Waals surface area contributed by atoms with Crippen LogP contribution in [0.5, 0.6) is 0 Å². The average molecular weight is 276 g/mol. The van der Waals surface area contributed by atoms with Gasteiger partial charge in [0, 0.05) is 19.0 Å². The number of hydrogen-bond acceptors (Lipinski definition) is 1. The molecule has 1 saturated heterocycles. The Morgan fingerprint density at radius 1 is 1.41 bits per heavy atom. The van der Waals surface area contributed by atoms with Crippen LogP contribution >= 0.6 is 23.2 Å². The van der Waals surface area contributed by atoms with E-state index in [9.17, 15) is 4.39 Å². The van der Waals surface area contributed by atoms with Gasteiger partial charge in [0.25, 0.3) is 0 Å². The third-order valence-electron chi connectivity index (χ3n) is 3.25. The van der Waals surface area contributed by atoms with E-state index in [-0.39, 0.29) is 10.8 Å². The molecular weight excluding hydrogens is 260 g/mol. The van der Waals surface area contributed by atoms with Crippen molar-refractivity contribution in [2.75, 3.05) is 19.0 Å². The largest absolute Gasteiger partial charge is 0.299 e. The third-order valence-corrected chi connectivity index (χ3v) is 4.11. The fourth-order valence-electron chi connectivity index (χ4n) is 2.33. The maximum atomic E-state index is 13.3. The highest BCUT2D eigenvalue weighted by Gasteiger charge is 2.20. The molecule has 1 nitrogen and oxygen atoms in total. The van der Waals surface area contributed by atoms with Crippen molar-refractivity contribution in [2.45, 2.75) is 19.4 Å². The monoisotopic (exact) mass is 275 g/mol. The van der Waals surface area contributed by atoms with Crippen molar-refractivity contribution in [3.05, 3.63) is 34.6 Å². The second-order valence-corrected chi connectivity index (χ2v) is 5.30. The van der Waals surface area contributed by atoms with Crippen molar-refractivity contribution in [3.63, 3.8) is 0 Å². The van der Waals surface area contributed by atoms with Crippen LogP contribution in [-0.2, 0) is 6.54 Å². The highest BCUT2D eigenvalue weighted by atomic mass is 35.5. The van der Waals surface area contributed by atoms with E-state index in [0.717, 1.165) is 25.1 Å². The third kappa shape index (κ3) is 3.34. The Bertz CT molecular complexity index is 384. The quantitative estimate of drug-likeness (QED) is 0.756. The molecule has 1 unspecified atom stereocenters. The number of piperidine rings is 1. The summed E-state index contributed by atoms with van der Waals surface area (Å²) < 4.78 is 13.3. The van der Waals surface area contributed by atoms with Gasteiger partial charge in [0.1, 0.15) is 5.82 Å². The number of alkyl halides is 1.